The van der Waals surface area contributed by atoms with Crippen molar-refractivity contribution in [2.45, 2.75) is 29.9 Å². The molecule has 2 aromatic rings. The molecule has 0 saturated carbocycles. The fourth-order valence-corrected chi connectivity index (χ4v) is 2.53. The minimum absolute atomic E-state index is 0.0696. The van der Waals surface area contributed by atoms with Crippen LogP contribution in [0, 0.1) is 10.1 Å². The van der Waals surface area contributed by atoms with Crippen LogP contribution in [-0.4, -0.2) is 19.7 Å². The maximum absolute atomic E-state index is 11.6. The molecule has 9 heteroatoms. The average molecular weight is 295 g/mol. The Labute approximate surface area is 118 Å². The van der Waals surface area contributed by atoms with Gasteiger partial charge in [-0.1, -0.05) is 6.92 Å². The Bertz CT molecular complexity index is 694. The maximum Gasteiger partial charge on any atom is 0.343 e. The summed E-state index contributed by atoms with van der Waals surface area (Å²) in [5.74, 6) is 0. The number of nitro groups is 1. The first kappa shape index (κ1) is 14.1. The molecule has 1 heterocycles. The molecule has 0 atom stereocenters. The molecule has 0 fully saturated rings. The number of nitrogens with zero attached hydrogens (tertiary/aromatic N) is 3. The van der Waals surface area contributed by atoms with Crippen LogP contribution in [0.5, 0.6) is 0 Å². The zero-order valence-corrected chi connectivity index (χ0v) is 11.5. The van der Waals surface area contributed by atoms with Crippen molar-refractivity contribution in [3.05, 3.63) is 38.8 Å². The predicted molar refractivity (Wildman–Crippen MR) is 74.8 cm³/mol. The number of anilines is 1. The predicted octanol–water partition coefficient (Wildman–Crippen LogP) is 1.62. The highest BCUT2D eigenvalue weighted by Crippen LogP contribution is 2.32. The molecule has 0 radical (unpaired) electrons. The zero-order chi connectivity index (χ0) is 14.7. The molecule has 3 N–H and O–H groups in total. The minimum atomic E-state index is -0.508. The van der Waals surface area contributed by atoms with Crippen LogP contribution in [0.15, 0.2) is 33.0 Å². The molecule has 0 bridgehead atoms. The average Bonchev–Trinajstić information content (AvgIpc) is 2.74. The van der Waals surface area contributed by atoms with E-state index in [4.69, 9.17) is 5.73 Å². The molecule has 0 saturated heterocycles. The number of H-pyrrole nitrogens is 1. The molecule has 1 aromatic carbocycles. The number of hydrogen-bond acceptors (Lipinski definition) is 6. The van der Waals surface area contributed by atoms with Gasteiger partial charge in [0.25, 0.3) is 5.69 Å². The van der Waals surface area contributed by atoms with Crippen molar-refractivity contribution in [1.29, 1.82) is 0 Å². The Morgan fingerprint density at radius 1 is 1.55 bits per heavy atom. The van der Waals surface area contributed by atoms with Gasteiger partial charge in [-0.15, -0.1) is 5.10 Å². The first-order chi connectivity index (χ1) is 9.52. The van der Waals surface area contributed by atoms with Crippen molar-refractivity contribution >= 4 is 23.1 Å². The summed E-state index contributed by atoms with van der Waals surface area (Å²) in [7, 11) is 0. The number of aromatic amines is 1. The maximum atomic E-state index is 11.6. The summed E-state index contributed by atoms with van der Waals surface area (Å²) in [6, 6.07) is 4.21. The second-order valence-electron chi connectivity index (χ2n) is 4.04. The number of aromatic nitrogens is 3. The summed E-state index contributed by atoms with van der Waals surface area (Å²) in [6.45, 7) is 2.50. The Balaban J connectivity index is 2.31. The summed E-state index contributed by atoms with van der Waals surface area (Å²) in [6.07, 6.45) is 0.794. The summed E-state index contributed by atoms with van der Waals surface area (Å²) in [4.78, 5) is 22.3. The smallest absolute Gasteiger partial charge is 0.343 e. The highest BCUT2D eigenvalue weighted by atomic mass is 32.2. The number of nitrogen functional groups attached to an aromatic ring is 1. The summed E-state index contributed by atoms with van der Waals surface area (Å²) < 4.78 is 1.51. The summed E-state index contributed by atoms with van der Waals surface area (Å²) in [5, 5.41) is 17.4. The van der Waals surface area contributed by atoms with E-state index in [-0.39, 0.29) is 17.1 Å². The van der Waals surface area contributed by atoms with E-state index >= 15 is 0 Å². The number of nitro benzene ring substituents is 1. The third kappa shape index (κ3) is 2.82. The van der Waals surface area contributed by atoms with Crippen molar-refractivity contribution in [3.63, 3.8) is 0 Å². The molecule has 0 unspecified atom stereocenters. The highest BCUT2D eigenvalue weighted by molar-refractivity contribution is 7.99. The van der Waals surface area contributed by atoms with Crippen molar-refractivity contribution in [1.82, 2.24) is 14.8 Å². The molecule has 1 aromatic heterocycles. The molecule has 0 spiro atoms. The van der Waals surface area contributed by atoms with E-state index in [9.17, 15) is 14.9 Å². The van der Waals surface area contributed by atoms with E-state index in [1.165, 1.54) is 28.5 Å². The van der Waals surface area contributed by atoms with Gasteiger partial charge in [0.2, 0.25) is 0 Å². The molecule has 2 rings (SSSR count). The highest BCUT2D eigenvalue weighted by Gasteiger charge is 2.13. The lowest BCUT2D eigenvalue weighted by Crippen LogP contribution is -2.17. The number of rotatable bonds is 5. The van der Waals surface area contributed by atoms with Crippen LogP contribution in [0.2, 0.25) is 0 Å². The molecule has 0 aliphatic carbocycles. The molecule has 20 heavy (non-hydrogen) atoms. The minimum Gasteiger partial charge on any atom is -0.398 e. The number of nitrogens with one attached hydrogen (secondary N) is 1. The largest absolute Gasteiger partial charge is 0.398 e. The third-order valence-corrected chi connectivity index (χ3v) is 3.66. The number of benzene rings is 1. The van der Waals surface area contributed by atoms with Crippen LogP contribution in [0.1, 0.15) is 13.3 Å². The van der Waals surface area contributed by atoms with E-state index in [1.807, 2.05) is 6.92 Å². The third-order valence-electron chi connectivity index (χ3n) is 2.58. The van der Waals surface area contributed by atoms with Crippen LogP contribution < -0.4 is 11.4 Å². The molecule has 8 nitrogen and oxygen atoms in total. The number of nitrogens with two attached hydrogens (primary N) is 1. The topological polar surface area (TPSA) is 120 Å². The van der Waals surface area contributed by atoms with Crippen LogP contribution in [0.4, 0.5) is 11.4 Å². The van der Waals surface area contributed by atoms with Crippen LogP contribution >= 0.6 is 11.8 Å². The lowest BCUT2D eigenvalue weighted by Gasteiger charge is -2.05. The Hall–Kier alpha value is -2.29. The second-order valence-corrected chi connectivity index (χ2v) is 5.05. The van der Waals surface area contributed by atoms with Gasteiger partial charge in [-0.25, -0.2) is 9.89 Å². The van der Waals surface area contributed by atoms with E-state index in [1.54, 1.807) is 6.07 Å². The van der Waals surface area contributed by atoms with E-state index < -0.39 is 4.92 Å². The standard InChI is InChI=1S/C11H13N5O3S/c1-2-5-15-10(17)13-14-11(15)20-9-4-3-7(16(18)19)6-8(9)12/h3-4,6H,2,5,12H2,1H3,(H,13,17). The molecule has 106 valence electrons. The molecular weight excluding hydrogens is 282 g/mol. The van der Waals surface area contributed by atoms with Gasteiger partial charge in [-0.3, -0.25) is 14.7 Å². The zero-order valence-electron chi connectivity index (χ0n) is 10.7. The van der Waals surface area contributed by atoms with Gasteiger partial charge >= 0.3 is 5.69 Å². The number of non-ortho nitro benzene ring substituents is 1. The fraction of sp³-hybridized carbons (Fsp3) is 0.273. The Morgan fingerprint density at radius 2 is 2.30 bits per heavy atom. The van der Waals surface area contributed by atoms with Crippen molar-refractivity contribution < 1.29 is 4.92 Å². The van der Waals surface area contributed by atoms with Gasteiger partial charge in [-0.05, 0) is 24.2 Å². The van der Waals surface area contributed by atoms with E-state index in [0.717, 1.165) is 6.42 Å². The lowest BCUT2D eigenvalue weighted by molar-refractivity contribution is -0.384. The van der Waals surface area contributed by atoms with Crippen LogP contribution in [0.3, 0.4) is 0 Å². The van der Waals surface area contributed by atoms with Crippen molar-refractivity contribution in [3.8, 4) is 0 Å². The second kappa shape index (κ2) is 5.78. The van der Waals surface area contributed by atoms with Gasteiger partial charge in [0.1, 0.15) is 0 Å². The van der Waals surface area contributed by atoms with Gasteiger partial charge in [0.05, 0.1) is 10.6 Å². The van der Waals surface area contributed by atoms with E-state index in [2.05, 4.69) is 10.2 Å². The van der Waals surface area contributed by atoms with E-state index in [0.29, 0.717) is 16.6 Å². The fourth-order valence-electron chi connectivity index (χ4n) is 1.64. The molecular formula is C11H13N5O3S. The van der Waals surface area contributed by atoms with Gasteiger partial charge in [0.15, 0.2) is 5.16 Å². The van der Waals surface area contributed by atoms with Gasteiger partial charge in [-0.2, -0.15) is 0 Å². The Morgan fingerprint density at radius 3 is 2.90 bits per heavy atom. The lowest BCUT2D eigenvalue weighted by atomic mass is 10.3. The molecule has 0 aliphatic rings. The van der Waals surface area contributed by atoms with Gasteiger partial charge < -0.3 is 5.73 Å². The quantitative estimate of drug-likeness (QED) is 0.491. The first-order valence-corrected chi connectivity index (χ1v) is 6.71. The summed E-state index contributed by atoms with van der Waals surface area (Å²) in [5.41, 5.74) is 5.72. The molecule has 0 aliphatic heterocycles. The van der Waals surface area contributed by atoms with Crippen molar-refractivity contribution in [2.75, 3.05) is 5.73 Å². The van der Waals surface area contributed by atoms with Crippen LogP contribution in [0.25, 0.3) is 0 Å². The monoisotopic (exact) mass is 295 g/mol. The first-order valence-electron chi connectivity index (χ1n) is 5.90. The number of hydrogen-bond donors (Lipinski definition) is 2. The normalized spacial score (nSPS) is 10.7. The van der Waals surface area contributed by atoms with Crippen molar-refractivity contribution in [2.24, 2.45) is 0 Å². The summed E-state index contributed by atoms with van der Waals surface area (Å²) >= 11 is 1.20. The van der Waals surface area contributed by atoms with Crippen LogP contribution in [-0.2, 0) is 6.54 Å². The Kier molecular flexibility index (Phi) is 4.08. The molecule has 0 amide bonds. The van der Waals surface area contributed by atoms with Gasteiger partial charge in [0, 0.05) is 23.6 Å². The SMILES string of the molecule is CCCn1c(Sc2ccc([N+](=O)[O-])cc2N)n[nH]c1=O.